The van der Waals surface area contributed by atoms with E-state index in [1.807, 2.05) is 30.3 Å². The molecule has 0 fully saturated rings. The molecule has 1 atom stereocenters. The number of hydrogen-bond acceptors (Lipinski definition) is 4. The summed E-state index contributed by atoms with van der Waals surface area (Å²) in [6.07, 6.45) is 1.44. The summed E-state index contributed by atoms with van der Waals surface area (Å²) < 4.78 is 13.9. The van der Waals surface area contributed by atoms with Gasteiger partial charge >= 0.3 is 5.69 Å². The van der Waals surface area contributed by atoms with E-state index in [1.165, 1.54) is 37.4 Å². The highest BCUT2D eigenvalue weighted by atomic mass is 19.1. The average molecular weight is 338 g/mol. The number of aromatic nitrogens is 3. The van der Waals surface area contributed by atoms with Crippen molar-refractivity contribution in [3.8, 4) is 11.3 Å². The molecule has 0 saturated heterocycles. The molecule has 3 rings (SSSR count). The van der Waals surface area contributed by atoms with Crippen molar-refractivity contribution >= 4 is 11.6 Å². The molecule has 7 heteroatoms. The van der Waals surface area contributed by atoms with Crippen LogP contribution in [0, 0.1) is 5.82 Å². The van der Waals surface area contributed by atoms with Gasteiger partial charge in [0.05, 0.1) is 11.9 Å². The summed E-state index contributed by atoms with van der Waals surface area (Å²) in [4.78, 5) is 28.5. The monoisotopic (exact) mass is 338 g/mol. The van der Waals surface area contributed by atoms with Crippen LogP contribution in [-0.2, 0) is 4.79 Å². The molecule has 126 valence electrons. The van der Waals surface area contributed by atoms with Gasteiger partial charge in [-0.15, -0.1) is 0 Å². The minimum Gasteiger partial charge on any atom is -0.324 e. The van der Waals surface area contributed by atoms with Gasteiger partial charge in [0, 0.05) is 11.3 Å². The maximum Gasteiger partial charge on any atom is 0.365 e. The maximum atomic E-state index is 12.9. The SMILES string of the molecule is C[C@@H](C(=O)Nc1ccc(F)cc1)n1ncc(-c2ccccc2)nc1=O. The van der Waals surface area contributed by atoms with Gasteiger partial charge in [0.25, 0.3) is 0 Å². The largest absolute Gasteiger partial charge is 0.365 e. The predicted molar refractivity (Wildman–Crippen MR) is 91.5 cm³/mol. The summed E-state index contributed by atoms with van der Waals surface area (Å²) in [7, 11) is 0. The third-order valence-corrected chi connectivity index (χ3v) is 3.64. The predicted octanol–water partition coefficient (Wildman–Crippen LogP) is 2.64. The van der Waals surface area contributed by atoms with Gasteiger partial charge in [-0.3, -0.25) is 4.79 Å². The highest BCUT2D eigenvalue weighted by molar-refractivity contribution is 5.93. The number of nitrogens with one attached hydrogen (secondary N) is 1. The Morgan fingerprint density at radius 3 is 2.44 bits per heavy atom. The molecule has 0 spiro atoms. The molecule has 1 N–H and O–H groups in total. The third-order valence-electron chi connectivity index (χ3n) is 3.64. The Morgan fingerprint density at radius 1 is 1.12 bits per heavy atom. The fraction of sp³-hybridized carbons (Fsp3) is 0.111. The lowest BCUT2D eigenvalue weighted by molar-refractivity contribution is -0.119. The van der Waals surface area contributed by atoms with Gasteiger partial charge in [0.2, 0.25) is 5.91 Å². The minimum absolute atomic E-state index is 0.398. The fourth-order valence-corrected chi connectivity index (χ4v) is 2.25. The Kier molecular flexibility index (Phi) is 4.65. The van der Waals surface area contributed by atoms with Gasteiger partial charge in [-0.05, 0) is 31.2 Å². The smallest absolute Gasteiger partial charge is 0.324 e. The summed E-state index contributed by atoms with van der Waals surface area (Å²) in [6.45, 7) is 1.54. The number of hydrogen-bond donors (Lipinski definition) is 1. The van der Waals surface area contributed by atoms with Crippen molar-refractivity contribution in [2.75, 3.05) is 5.32 Å². The van der Waals surface area contributed by atoms with Crippen molar-refractivity contribution in [3.05, 3.63) is 77.1 Å². The molecule has 1 amide bonds. The summed E-state index contributed by atoms with van der Waals surface area (Å²) in [5.74, 6) is -0.847. The average Bonchev–Trinajstić information content (AvgIpc) is 2.63. The van der Waals surface area contributed by atoms with E-state index in [4.69, 9.17) is 0 Å². The van der Waals surface area contributed by atoms with Crippen LogP contribution >= 0.6 is 0 Å². The first-order chi connectivity index (χ1) is 12.0. The normalized spacial score (nSPS) is 11.8. The second-order valence-corrected chi connectivity index (χ2v) is 5.41. The summed E-state index contributed by atoms with van der Waals surface area (Å²) in [5.41, 5.74) is 1.01. The van der Waals surface area contributed by atoms with Crippen molar-refractivity contribution in [2.45, 2.75) is 13.0 Å². The Balaban J connectivity index is 1.80. The molecule has 0 unspecified atom stereocenters. The Morgan fingerprint density at radius 2 is 1.80 bits per heavy atom. The van der Waals surface area contributed by atoms with Gasteiger partial charge in [-0.2, -0.15) is 10.1 Å². The minimum atomic E-state index is -0.866. The molecule has 1 aromatic heterocycles. The molecule has 0 aliphatic carbocycles. The van der Waals surface area contributed by atoms with Gasteiger partial charge < -0.3 is 5.32 Å². The Hall–Kier alpha value is -3.35. The van der Waals surface area contributed by atoms with Crippen molar-refractivity contribution in [1.29, 1.82) is 0 Å². The number of carbonyl (C=O) groups is 1. The summed E-state index contributed by atoms with van der Waals surface area (Å²) in [5, 5.41) is 6.66. The van der Waals surface area contributed by atoms with E-state index in [9.17, 15) is 14.0 Å². The van der Waals surface area contributed by atoms with Crippen LogP contribution in [0.5, 0.6) is 0 Å². The van der Waals surface area contributed by atoms with Gasteiger partial charge in [-0.25, -0.2) is 13.9 Å². The van der Waals surface area contributed by atoms with E-state index >= 15 is 0 Å². The highest BCUT2D eigenvalue weighted by Crippen LogP contribution is 2.14. The lowest BCUT2D eigenvalue weighted by Crippen LogP contribution is -2.34. The Labute approximate surface area is 143 Å². The van der Waals surface area contributed by atoms with Gasteiger partial charge in [-0.1, -0.05) is 30.3 Å². The Bertz CT molecular complexity index is 939. The molecular weight excluding hydrogens is 323 g/mol. The third kappa shape index (κ3) is 3.77. The van der Waals surface area contributed by atoms with E-state index in [1.54, 1.807) is 0 Å². The van der Waals surface area contributed by atoms with E-state index in [-0.39, 0.29) is 0 Å². The molecule has 25 heavy (non-hydrogen) atoms. The first kappa shape index (κ1) is 16.5. The zero-order chi connectivity index (χ0) is 17.8. The maximum absolute atomic E-state index is 12.9. The molecule has 6 nitrogen and oxygen atoms in total. The van der Waals surface area contributed by atoms with Crippen LogP contribution in [-0.4, -0.2) is 20.7 Å². The topological polar surface area (TPSA) is 76.9 Å². The number of benzene rings is 2. The van der Waals surface area contributed by atoms with Crippen molar-refractivity contribution in [1.82, 2.24) is 14.8 Å². The molecule has 0 aliphatic rings. The number of carbonyl (C=O) groups excluding carboxylic acids is 1. The van der Waals surface area contributed by atoms with Crippen molar-refractivity contribution < 1.29 is 9.18 Å². The number of anilines is 1. The number of rotatable bonds is 4. The molecule has 0 radical (unpaired) electrons. The van der Waals surface area contributed by atoms with Crippen LogP contribution in [0.1, 0.15) is 13.0 Å². The van der Waals surface area contributed by atoms with E-state index < -0.39 is 23.5 Å². The molecule has 3 aromatic rings. The lowest BCUT2D eigenvalue weighted by atomic mass is 10.2. The van der Waals surface area contributed by atoms with E-state index in [2.05, 4.69) is 15.4 Å². The summed E-state index contributed by atoms with van der Waals surface area (Å²) >= 11 is 0. The zero-order valence-corrected chi connectivity index (χ0v) is 13.4. The summed E-state index contributed by atoms with van der Waals surface area (Å²) in [6, 6.07) is 13.6. The molecule has 2 aromatic carbocycles. The quantitative estimate of drug-likeness (QED) is 0.793. The lowest BCUT2D eigenvalue weighted by Gasteiger charge is -2.13. The zero-order valence-electron chi connectivity index (χ0n) is 13.4. The first-order valence-corrected chi connectivity index (χ1v) is 7.62. The van der Waals surface area contributed by atoms with Gasteiger partial charge in [0.15, 0.2) is 0 Å². The van der Waals surface area contributed by atoms with E-state index in [0.29, 0.717) is 11.4 Å². The second kappa shape index (κ2) is 7.04. The number of amides is 1. The standard InChI is InChI=1S/C18H15FN4O2/c1-12(17(24)21-15-9-7-14(19)8-10-15)23-18(25)22-16(11-20-23)13-5-3-2-4-6-13/h2-12H,1H3,(H,21,24)/t12-/m0/s1. The number of nitrogens with zero attached hydrogens (tertiary/aromatic N) is 3. The van der Waals surface area contributed by atoms with Crippen LogP contribution in [0.3, 0.4) is 0 Å². The molecule has 0 bridgehead atoms. The molecule has 0 saturated carbocycles. The van der Waals surface area contributed by atoms with Crippen molar-refractivity contribution in [3.63, 3.8) is 0 Å². The van der Waals surface area contributed by atoms with Crippen LogP contribution in [0.4, 0.5) is 10.1 Å². The van der Waals surface area contributed by atoms with Gasteiger partial charge in [0.1, 0.15) is 11.9 Å². The van der Waals surface area contributed by atoms with Crippen LogP contribution in [0.2, 0.25) is 0 Å². The van der Waals surface area contributed by atoms with Crippen LogP contribution in [0.15, 0.2) is 65.6 Å². The van der Waals surface area contributed by atoms with Crippen LogP contribution in [0.25, 0.3) is 11.3 Å². The fourth-order valence-electron chi connectivity index (χ4n) is 2.25. The highest BCUT2D eigenvalue weighted by Gasteiger charge is 2.18. The molecule has 0 aliphatic heterocycles. The molecular formula is C18H15FN4O2. The van der Waals surface area contributed by atoms with Crippen molar-refractivity contribution in [2.24, 2.45) is 0 Å². The second-order valence-electron chi connectivity index (χ2n) is 5.41. The van der Waals surface area contributed by atoms with E-state index in [0.717, 1.165) is 10.2 Å². The molecule has 1 heterocycles. The number of halogens is 1. The first-order valence-electron chi connectivity index (χ1n) is 7.62. The van der Waals surface area contributed by atoms with Crippen LogP contribution < -0.4 is 11.0 Å².